The Balaban J connectivity index is 0.000000254. The Labute approximate surface area is 607 Å². The molecular formula is C68H86Cl3N9O16S4. The molecule has 25 nitrogen and oxygen atoms in total. The molecule has 10 rings (SSSR count). The Morgan fingerprint density at radius 1 is 0.670 bits per heavy atom. The minimum atomic E-state index is -4.22. The highest BCUT2D eigenvalue weighted by molar-refractivity contribution is 7.86. The number of halogens is 3. The summed E-state index contributed by atoms with van der Waals surface area (Å²) in [6, 6.07) is 12.7. The standard InChI is InChI=1S/C37H47ClN4O9S2.C31H38ClN5O7S2.ClH/c1-8-20(2)31(42-36(45)51-37(4,5)6)35(44)50-29-15-25(13-23(29)18-49-53(7,46)47)41-34-28(17-39-19-40-34)32(43)30-16-26(21(3)52-30)33-27-14-24(38)10-9-22(27)11-12-48-33;1-4-16(2)27(33)31(39)44-25-11-21(9-19(25)14-43-46(34,40)41)37-30-24(13-35-15-36-30)28(38)26-12-22(17(3)45-26)29-23-10-20(32)6-5-18(23)7-8-42-29;/h9-10,14,16-17,19-20,23,25,29,31,33H,8,11-13,15,18H2,1-7H3,(H,42,45)(H,39,40,41);5-6,10,12-13,15-16,19,21,25,27,29H,4,7-9,11,14,33H2,1-3H3,(H2,34,40,41)(H,35,36,37);1H/t20-,23+,25+,29-,31-,33-;16-,19+,21+,25-,27-,29-;/m00./s1. The number of thiophene rings is 2. The Bertz CT molecular complexity index is 4160. The molecule has 0 spiro atoms. The zero-order valence-corrected chi connectivity index (χ0v) is 62.7. The maximum absolute atomic E-state index is 14.0. The van der Waals surface area contributed by atoms with E-state index in [4.69, 9.17) is 66.1 Å². The molecule has 100 heavy (non-hydrogen) atoms. The zero-order valence-electron chi connectivity index (χ0n) is 57.1. The number of aromatic nitrogens is 4. The maximum atomic E-state index is 14.0. The molecule has 4 aromatic heterocycles. The fourth-order valence-corrected chi connectivity index (χ4v) is 15.6. The monoisotopic (exact) mass is 1520 g/mol. The molecule has 2 aliphatic carbocycles. The summed E-state index contributed by atoms with van der Waals surface area (Å²) in [5, 5.41) is 15.6. The van der Waals surface area contributed by atoms with E-state index < -0.39 is 80.2 Å². The van der Waals surface area contributed by atoms with E-state index in [1.165, 1.54) is 47.7 Å². The first-order valence-corrected chi connectivity index (χ1v) is 38.3. The lowest BCUT2D eigenvalue weighted by molar-refractivity contribution is -0.155. The number of nitrogens with two attached hydrogens (primary N) is 2. The number of ether oxygens (including phenoxy) is 5. The van der Waals surface area contributed by atoms with Gasteiger partial charge in [0.1, 0.15) is 66.4 Å². The predicted molar refractivity (Wildman–Crippen MR) is 382 cm³/mol. The topological polar surface area (TPSA) is 358 Å². The lowest BCUT2D eigenvalue weighted by atomic mass is 9.93. The molecule has 0 saturated heterocycles. The van der Waals surface area contributed by atoms with E-state index in [2.05, 4.69) is 35.9 Å². The van der Waals surface area contributed by atoms with Gasteiger partial charge in [-0.15, -0.1) is 35.1 Å². The number of hydrogen-bond donors (Lipinski definition) is 5. The summed E-state index contributed by atoms with van der Waals surface area (Å²) in [5.74, 6) is -2.62. The average molecular weight is 1520 g/mol. The molecule has 0 bridgehead atoms. The van der Waals surface area contributed by atoms with Crippen molar-refractivity contribution in [2.24, 2.45) is 34.5 Å². The molecule has 7 N–H and O–H groups in total. The van der Waals surface area contributed by atoms with Gasteiger partial charge in [-0.1, -0.05) is 75.9 Å². The van der Waals surface area contributed by atoms with Gasteiger partial charge in [0, 0.05) is 69.0 Å². The fraction of sp³-hybridized carbons (Fsp3) is 0.515. The van der Waals surface area contributed by atoms with E-state index in [0.29, 0.717) is 70.9 Å². The summed E-state index contributed by atoms with van der Waals surface area (Å²) in [6.45, 7) is 17.1. The second-order valence-electron chi connectivity index (χ2n) is 26.4. The Morgan fingerprint density at radius 3 is 1.55 bits per heavy atom. The van der Waals surface area contributed by atoms with E-state index in [9.17, 15) is 40.8 Å². The number of ketones is 2. The van der Waals surface area contributed by atoms with E-state index in [0.717, 1.165) is 62.2 Å². The van der Waals surface area contributed by atoms with Crippen molar-refractivity contribution in [1.82, 2.24) is 25.3 Å². The van der Waals surface area contributed by atoms with E-state index in [-0.39, 0.29) is 96.7 Å². The Hall–Kier alpha value is -6.32. The van der Waals surface area contributed by atoms with Crippen LogP contribution in [0.5, 0.6) is 0 Å². The van der Waals surface area contributed by atoms with Gasteiger partial charge in [0.05, 0.1) is 53.6 Å². The molecule has 2 aliphatic heterocycles. The number of nitrogens with one attached hydrogen (secondary N) is 3. The van der Waals surface area contributed by atoms with Gasteiger partial charge in [-0.25, -0.2) is 34.7 Å². The highest BCUT2D eigenvalue weighted by Crippen LogP contribution is 2.43. The number of amides is 1. The van der Waals surface area contributed by atoms with Gasteiger partial charge in [0.25, 0.3) is 10.1 Å². The quantitative estimate of drug-likeness (QED) is 0.0154. The van der Waals surface area contributed by atoms with E-state index in [1.54, 1.807) is 20.8 Å². The third kappa shape index (κ3) is 20.7. The molecule has 0 radical (unpaired) electrons. The molecular weight excluding hydrogens is 1430 g/mol. The minimum Gasteiger partial charge on any atom is -0.461 e. The van der Waals surface area contributed by atoms with Crippen LogP contribution in [0.3, 0.4) is 0 Å². The SMILES string of the molecule is CC[C@H](C)[C@H](N)C(=O)O[C@H]1C[C@H](Nc2ncncc2C(=O)c2cc([C@@H]3OCCc4ccc(Cl)cc43)c(C)s2)C[C@@H]1COS(N)(=O)=O.CC[C@H](C)[C@H](NC(=O)OC(C)(C)C)C(=O)O[C@H]1C[C@H](Nc2ncncc2C(=O)c2cc([C@@H]3OCCc4ccc(Cl)cc43)c(C)s2)C[C@@H]1COS(C)(=O)=O.Cl. The molecule has 1 amide bonds. The van der Waals surface area contributed by atoms with Crippen molar-refractivity contribution in [3.63, 3.8) is 0 Å². The number of rotatable bonds is 25. The number of esters is 2. The number of hydrogen-bond acceptors (Lipinski definition) is 25. The number of benzene rings is 2. The number of carbonyl (C=O) groups excluding carboxylic acids is 5. The van der Waals surface area contributed by atoms with Crippen LogP contribution in [-0.2, 0) is 74.9 Å². The van der Waals surface area contributed by atoms with Crippen LogP contribution in [0.4, 0.5) is 16.4 Å². The molecule has 6 heterocycles. The first-order chi connectivity index (χ1) is 46.8. The second kappa shape index (κ2) is 34.3. The molecule has 544 valence electrons. The van der Waals surface area contributed by atoms with Crippen LogP contribution >= 0.6 is 58.3 Å². The normalized spacial score (nSPS) is 21.7. The van der Waals surface area contributed by atoms with Crippen LogP contribution in [0, 0.1) is 37.5 Å². The fourth-order valence-electron chi connectivity index (χ4n) is 12.4. The summed E-state index contributed by atoms with van der Waals surface area (Å²) < 4.78 is 86.4. The van der Waals surface area contributed by atoms with Crippen LogP contribution in [0.15, 0.2) is 73.6 Å². The van der Waals surface area contributed by atoms with Crippen molar-refractivity contribution in [2.45, 2.75) is 168 Å². The van der Waals surface area contributed by atoms with Crippen LogP contribution in [-0.4, -0.2) is 141 Å². The predicted octanol–water partition coefficient (Wildman–Crippen LogP) is 10.9. The first kappa shape index (κ1) is 79.4. The molecule has 2 aromatic carbocycles. The number of aryl methyl sites for hydroxylation is 2. The lowest BCUT2D eigenvalue weighted by Gasteiger charge is -2.28. The van der Waals surface area contributed by atoms with Gasteiger partial charge in [-0.05, 0) is 142 Å². The minimum absolute atomic E-state index is 0. The van der Waals surface area contributed by atoms with Crippen molar-refractivity contribution in [1.29, 1.82) is 0 Å². The van der Waals surface area contributed by atoms with Crippen LogP contribution in [0.1, 0.15) is 173 Å². The number of alkyl carbamates (subject to hydrolysis) is 1. The number of nitrogens with zero attached hydrogens (tertiary/aromatic N) is 4. The van der Waals surface area contributed by atoms with E-state index >= 15 is 0 Å². The van der Waals surface area contributed by atoms with Crippen molar-refractivity contribution < 1.29 is 72.9 Å². The summed E-state index contributed by atoms with van der Waals surface area (Å²) >= 11 is 15.4. The Morgan fingerprint density at radius 2 is 1.12 bits per heavy atom. The molecule has 2 fully saturated rings. The highest BCUT2D eigenvalue weighted by atomic mass is 35.5. The molecule has 0 unspecified atom stereocenters. The van der Waals surface area contributed by atoms with Crippen molar-refractivity contribution >= 4 is 120 Å². The summed E-state index contributed by atoms with van der Waals surface area (Å²) in [5.41, 5.74) is 11.9. The lowest BCUT2D eigenvalue weighted by Crippen LogP contribution is -2.48. The summed E-state index contributed by atoms with van der Waals surface area (Å²) in [4.78, 5) is 86.8. The summed E-state index contributed by atoms with van der Waals surface area (Å²) in [6.07, 6.45) is 7.67. The Kier molecular flexibility index (Phi) is 27.2. The largest absolute Gasteiger partial charge is 0.461 e. The molecule has 4 aliphatic rings. The number of anilines is 2. The highest BCUT2D eigenvalue weighted by Gasteiger charge is 2.43. The van der Waals surface area contributed by atoms with Crippen molar-refractivity contribution in [2.75, 3.05) is 43.3 Å². The van der Waals surface area contributed by atoms with Crippen molar-refractivity contribution in [3.05, 3.63) is 148 Å². The van der Waals surface area contributed by atoms with Crippen LogP contribution in [0.2, 0.25) is 10.0 Å². The number of carbonyl (C=O) groups is 5. The molecule has 2 saturated carbocycles. The van der Waals surface area contributed by atoms with Gasteiger partial charge >= 0.3 is 28.3 Å². The maximum Gasteiger partial charge on any atom is 0.408 e. The van der Waals surface area contributed by atoms with E-state index in [1.807, 2.05) is 90.1 Å². The van der Waals surface area contributed by atoms with Gasteiger partial charge in [-0.3, -0.25) is 22.7 Å². The first-order valence-electron chi connectivity index (χ1n) is 32.7. The second-order valence-corrected chi connectivity index (χ2v) is 32.7. The number of fused-ring (bicyclic) bond motifs is 2. The van der Waals surface area contributed by atoms with Crippen molar-refractivity contribution in [3.8, 4) is 0 Å². The van der Waals surface area contributed by atoms with Crippen LogP contribution in [0.25, 0.3) is 0 Å². The van der Waals surface area contributed by atoms with Gasteiger partial charge < -0.3 is 45.4 Å². The van der Waals surface area contributed by atoms with Gasteiger partial charge in [0.15, 0.2) is 0 Å². The molecule has 6 aromatic rings. The third-order valence-corrected chi connectivity index (χ3v) is 21.6. The average Bonchev–Trinajstić information content (AvgIpc) is 1.59. The third-order valence-electron chi connectivity index (χ3n) is 18.0. The molecule has 32 heteroatoms. The van der Waals surface area contributed by atoms with Crippen LogP contribution < -0.4 is 26.8 Å². The van der Waals surface area contributed by atoms with Gasteiger partial charge in [0.2, 0.25) is 11.6 Å². The smallest absolute Gasteiger partial charge is 0.408 e. The molecule has 12 atom stereocenters. The zero-order chi connectivity index (χ0) is 71.8. The van der Waals surface area contributed by atoms with Gasteiger partial charge in [-0.2, -0.15) is 16.8 Å². The summed E-state index contributed by atoms with van der Waals surface area (Å²) in [7, 11) is -8.01.